The van der Waals surface area contributed by atoms with Gasteiger partial charge in [0.1, 0.15) is 10.6 Å². The molecular weight excluding hydrogens is 471 g/mol. The van der Waals surface area contributed by atoms with Gasteiger partial charge in [0.25, 0.3) is 5.91 Å². The third-order valence-corrected chi connectivity index (χ3v) is 7.79. The Hall–Kier alpha value is -2.37. The predicted octanol–water partition coefficient (Wildman–Crippen LogP) is 3.65. The zero-order valence-electron chi connectivity index (χ0n) is 17.5. The minimum absolute atomic E-state index is 0.0293. The van der Waals surface area contributed by atoms with Crippen molar-refractivity contribution in [3.63, 3.8) is 0 Å². The third kappa shape index (κ3) is 4.41. The van der Waals surface area contributed by atoms with E-state index in [0.29, 0.717) is 29.0 Å². The molecule has 1 saturated heterocycles. The van der Waals surface area contributed by atoms with Gasteiger partial charge in [0.15, 0.2) is 5.78 Å². The van der Waals surface area contributed by atoms with Crippen LogP contribution in [0.15, 0.2) is 23.1 Å². The molecule has 0 bridgehead atoms. The number of sulfonamides is 1. The van der Waals surface area contributed by atoms with E-state index < -0.39 is 26.7 Å². The van der Waals surface area contributed by atoms with Gasteiger partial charge in [-0.3, -0.25) is 9.59 Å². The second kappa shape index (κ2) is 8.53. The van der Waals surface area contributed by atoms with Crippen molar-refractivity contribution in [3.05, 3.63) is 51.3 Å². The monoisotopic (exact) mass is 491 g/mol. The smallest absolute Gasteiger partial charge is 0.354 e. The normalized spacial score (nSPS) is 15.8. The Bertz CT molecular complexity index is 1180. The molecular formula is C20H21ClF3N3O4S. The fraction of sp³-hybridized carbons (Fsp3) is 0.400. The summed E-state index contributed by atoms with van der Waals surface area (Å²) in [5, 5.41) is -0.314. The third-order valence-electron chi connectivity index (χ3n) is 5.41. The molecule has 0 spiro atoms. The van der Waals surface area contributed by atoms with E-state index in [0.717, 1.165) is 10.4 Å². The number of aromatic nitrogens is 1. The second-order valence-corrected chi connectivity index (χ2v) is 9.83. The molecule has 1 aromatic carbocycles. The van der Waals surface area contributed by atoms with Crippen molar-refractivity contribution < 1.29 is 31.2 Å². The summed E-state index contributed by atoms with van der Waals surface area (Å²) in [4.78, 5) is 28.4. The fourth-order valence-corrected chi connectivity index (χ4v) is 5.72. The Morgan fingerprint density at radius 2 is 1.69 bits per heavy atom. The van der Waals surface area contributed by atoms with Crippen LogP contribution in [0.1, 0.15) is 44.6 Å². The highest BCUT2D eigenvalue weighted by Crippen LogP contribution is 2.34. The van der Waals surface area contributed by atoms with Crippen molar-refractivity contribution in [1.82, 2.24) is 14.2 Å². The summed E-state index contributed by atoms with van der Waals surface area (Å²) in [6.45, 7) is 4.58. The van der Waals surface area contributed by atoms with E-state index in [1.54, 1.807) is 13.8 Å². The maximum absolute atomic E-state index is 13.0. The van der Waals surface area contributed by atoms with Crippen LogP contribution in [0.3, 0.4) is 0 Å². The number of benzene rings is 1. The molecule has 1 amide bonds. The van der Waals surface area contributed by atoms with E-state index in [1.807, 2.05) is 0 Å². The second-order valence-electron chi connectivity index (χ2n) is 7.52. The first kappa shape index (κ1) is 24.3. The molecule has 174 valence electrons. The van der Waals surface area contributed by atoms with Gasteiger partial charge >= 0.3 is 6.18 Å². The van der Waals surface area contributed by atoms with Crippen LogP contribution >= 0.6 is 11.6 Å². The van der Waals surface area contributed by atoms with E-state index in [-0.39, 0.29) is 48.6 Å². The number of carbonyl (C=O) groups is 2. The van der Waals surface area contributed by atoms with Crippen LogP contribution in [0.4, 0.5) is 13.2 Å². The molecule has 3 rings (SSSR count). The number of carbonyl (C=O) groups excluding carboxylic acids is 2. The number of nitrogens with one attached hydrogen (secondary N) is 1. The molecule has 1 aromatic heterocycles. The number of amides is 1. The van der Waals surface area contributed by atoms with Gasteiger partial charge in [-0.15, -0.1) is 0 Å². The topological polar surface area (TPSA) is 90.6 Å². The molecule has 1 N–H and O–H groups in total. The number of alkyl halides is 3. The zero-order chi connectivity index (χ0) is 24.0. The van der Waals surface area contributed by atoms with Crippen LogP contribution in [-0.4, -0.2) is 60.5 Å². The first-order chi connectivity index (χ1) is 14.7. The number of halogens is 4. The number of ketones is 1. The summed E-state index contributed by atoms with van der Waals surface area (Å²) in [6.07, 6.45) is -4.72. The Morgan fingerprint density at radius 3 is 2.19 bits per heavy atom. The van der Waals surface area contributed by atoms with Crippen LogP contribution in [-0.2, 0) is 16.2 Å². The van der Waals surface area contributed by atoms with Gasteiger partial charge in [-0.2, -0.15) is 17.5 Å². The average molecular weight is 492 g/mol. The van der Waals surface area contributed by atoms with E-state index in [1.165, 1.54) is 11.8 Å². The van der Waals surface area contributed by atoms with Crippen LogP contribution in [0.2, 0.25) is 5.02 Å². The number of hydrogen-bond donors (Lipinski definition) is 1. The predicted molar refractivity (Wildman–Crippen MR) is 111 cm³/mol. The van der Waals surface area contributed by atoms with Crippen molar-refractivity contribution in [2.45, 2.75) is 31.8 Å². The molecule has 1 fully saturated rings. The number of rotatable bonds is 4. The highest BCUT2D eigenvalue weighted by molar-refractivity contribution is 7.89. The summed E-state index contributed by atoms with van der Waals surface area (Å²) in [6, 6.07) is 2.14. The van der Waals surface area contributed by atoms with Gasteiger partial charge < -0.3 is 9.88 Å². The van der Waals surface area contributed by atoms with Crippen LogP contribution in [0.25, 0.3) is 0 Å². The quantitative estimate of drug-likeness (QED) is 0.661. The lowest BCUT2D eigenvalue weighted by molar-refractivity contribution is -0.137. The first-order valence-electron chi connectivity index (χ1n) is 9.61. The highest BCUT2D eigenvalue weighted by atomic mass is 35.5. The Kier molecular flexibility index (Phi) is 6.47. The molecule has 2 aromatic rings. The lowest BCUT2D eigenvalue weighted by Crippen LogP contribution is -2.50. The molecule has 1 aliphatic heterocycles. The van der Waals surface area contributed by atoms with Crippen molar-refractivity contribution in [2.75, 3.05) is 26.2 Å². The molecule has 0 radical (unpaired) electrons. The summed E-state index contributed by atoms with van der Waals surface area (Å²) >= 11 is 5.90. The fourth-order valence-electron chi connectivity index (χ4n) is 3.80. The van der Waals surface area contributed by atoms with Gasteiger partial charge in [-0.1, -0.05) is 11.6 Å². The average Bonchev–Trinajstić information content (AvgIpc) is 3.01. The van der Waals surface area contributed by atoms with Gasteiger partial charge in [-0.05, 0) is 44.5 Å². The number of piperazine rings is 1. The zero-order valence-corrected chi connectivity index (χ0v) is 19.1. The number of nitrogens with zero attached hydrogens (tertiary/aromatic N) is 2. The minimum Gasteiger partial charge on any atom is -0.354 e. The SMILES string of the molecule is CC(=O)c1c(C)[nH]c(C(=O)N2CCN(S(=O)(=O)c3cc(C(F)(F)F)ccc3Cl)CC2)c1C. The molecule has 32 heavy (non-hydrogen) atoms. The van der Waals surface area contributed by atoms with Crippen LogP contribution in [0, 0.1) is 13.8 Å². The van der Waals surface area contributed by atoms with Crippen molar-refractivity contribution in [2.24, 2.45) is 0 Å². The van der Waals surface area contributed by atoms with Gasteiger partial charge in [-0.25, -0.2) is 8.42 Å². The first-order valence-corrected chi connectivity index (χ1v) is 11.4. The largest absolute Gasteiger partial charge is 0.416 e. The van der Waals surface area contributed by atoms with Gasteiger partial charge in [0.2, 0.25) is 10.0 Å². The summed E-state index contributed by atoms with van der Waals surface area (Å²) in [5.74, 6) is -0.559. The Labute approximate surface area is 188 Å². The highest BCUT2D eigenvalue weighted by Gasteiger charge is 2.36. The number of Topliss-reactive ketones (excluding diaryl/α,β-unsaturated/α-hetero) is 1. The summed E-state index contributed by atoms with van der Waals surface area (Å²) < 4.78 is 66.0. The van der Waals surface area contributed by atoms with Crippen LogP contribution < -0.4 is 0 Å². The van der Waals surface area contributed by atoms with E-state index in [9.17, 15) is 31.2 Å². The molecule has 12 heteroatoms. The number of hydrogen-bond acceptors (Lipinski definition) is 4. The van der Waals surface area contributed by atoms with Gasteiger partial charge in [0, 0.05) is 37.4 Å². The molecule has 2 heterocycles. The molecule has 0 aliphatic carbocycles. The van der Waals surface area contributed by atoms with Gasteiger partial charge in [0.05, 0.1) is 10.6 Å². The van der Waals surface area contributed by atoms with Crippen molar-refractivity contribution >= 4 is 33.3 Å². The summed E-state index contributed by atoms with van der Waals surface area (Å²) in [5.41, 5.74) is 0.663. The van der Waals surface area contributed by atoms with E-state index in [4.69, 9.17) is 11.6 Å². The number of aromatic amines is 1. The maximum Gasteiger partial charge on any atom is 0.416 e. The molecule has 0 saturated carbocycles. The van der Waals surface area contributed by atoms with E-state index >= 15 is 0 Å². The number of aryl methyl sites for hydroxylation is 1. The Balaban J connectivity index is 1.80. The lowest BCUT2D eigenvalue weighted by atomic mass is 10.1. The standard InChI is InChI=1S/C20H21ClF3N3O4S/c1-11-17(13(3)28)12(2)25-18(11)19(29)26-6-8-27(9-7-26)32(30,31)16-10-14(20(22,23)24)4-5-15(16)21/h4-5,10,25H,6-9H2,1-3H3. The van der Waals surface area contributed by atoms with Crippen LogP contribution in [0.5, 0.6) is 0 Å². The molecule has 0 unspecified atom stereocenters. The summed E-state index contributed by atoms with van der Waals surface area (Å²) in [7, 11) is -4.30. The molecule has 7 nitrogen and oxygen atoms in total. The minimum atomic E-state index is -4.72. The molecule has 1 aliphatic rings. The lowest BCUT2D eigenvalue weighted by Gasteiger charge is -2.34. The number of H-pyrrole nitrogens is 1. The molecule has 0 atom stereocenters. The van der Waals surface area contributed by atoms with E-state index in [2.05, 4.69) is 4.98 Å². The van der Waals surface area contributed by atoms with Crippen molar-refractivity contribution in [1.29, 1.82) is 0 Å². The Morgan fingerprint density at radius 1 is 1.09 bits per heavy atom. The van der Waals surface area contributed by atoms with Crippen molar-refractivity contribution in [3.8, 4) is 0 Å². The maximum atomic E-state index is 13.0.